The van der Waals surface area contributed by atoms with Gasteiger partial charge in [0.25, 0.3) is 5.91 Å². The lowest BCUT2D eigenvalue weighted by Gasteiger charge is -2.15. The highest BCUT2D eigenvalue weighted by Crippen LogP contribution is 2.06. The molecule has 6 N–H and O–H groups in total. The first kappa shape index (κ1) is 14.9. The topological polar surface area (TPSA) is 136 Å². The number of aliphatic hydroxyl groups is 1. The summed E-state index contributed by atoms with van der Waals surface area (Å²) < 4.78 is 0. The normalized spacial score (nSPS) is 13.9. The number of carbonyl (C=O) groups excluding carboxylic acids is 3. The molecule has 0 saturated carbocycles. The highest BCUT2D eigenvalue weighted by molar-refractivity contribution is 7.80. The van der Waals surface area contributed by atoms with Crippen LogP contribution in [0.5, 0.6) is 0 Å². The summed E-state index contributed by atoms with van der Waals surface area (Å²) in [5.74, 6) is -2.68. The van der Waals surface area contributed by atoms with Crippen molar-refractivity contribution >= 4 is 30.2 Å². The second-order valence-electron chi connectivity index (χ2n) is 3.14. The van der Waals surface area contributed by atoms with E-state index in [9.17, 15) is 14.4 Å². The average molecular weight is 249 g/mol. The number of thiol groups is 1. The monoisotopic (exact) mass is 249 g/mol. The van der Waals surface area contributed by atoms with E-state index in [0.717, 1.165) is 0 Å². The van der Waals surface area contributed by atoms with Crippen molar-refractivity contribution < 1.29 is 19.5 Å². The summed E-state index contributed by atoms with van der Waals surface area (Å²) in [5.41, 5.74) is 9.84. The molecule has 0 spiro atoms. The van der Waals surface area contributed by atoms with Gasteiger partial charge in [-0.15, -0.1) is 0 Å². The number of Topliss-reactive ketones (excluding diaryl/α,β-unsaturated/α-hetero) is 1. The molecule has 0 aliphatic carbocycles. The van der Waals surface area contributed by atoms with Crippen molar-refractivity contribution in [3.63, 3.8) is 0 Å². The summed E-state index contributed by atoms with van der Waals surface area (Å²) >= 11 is 3.89. The van der Waals surface area contributed by atoms with Crippen molar-refractivity contribution in [1.29, 1.82) is 0 Å². The molecule has 0 fully saturated rings. The fourth-order valence-electron chi connectivity index (χ4n) is 0.922. The number of nitrogens with two attached hydrogens (primary N) is 2. The lowest BCUT2D eigenvalue weighted by atomic mass is 10.0. The molecule has 0 radical (unpaired) electrons. The van der Waals surface area contributed by atoms with Crippen LogP contribution < -0.4 is 16.8 Å². The second-order valence-corrected chi connectivity index (χ2v) is 3.51. The van der Waals surface area contributed by atoms with Gasteiger partial charge < -0.3 is 21.9 Å². The van der Waals surface area contributed by atoms with Gasteiger partial charge in [0.1, 0.15) is 5.78 Å². The van der Waals surface area contributed by atoms with Crippen molar-refractivity contribution in [2.45, 2.75) is 12.6 Å². The van der Waals surface area contributed by atoms with E-state index in [1.54, 1.807) is 0 Å². The van der Waals surface area contributed by atoms with E-state index in [-0.39, 0.29) is 24.5 Å². The Balaban J connectivity index is 4.31. The minimum absolute atomic E-state index is 0.0860. The summed E-state index contributed by atoms with van der Waals surface area (Å²) in [6.07, 6.45) is -1.85. The average Bonchev–Trinajstić information content (AvgIpc) is 2.24. The molecule has 0 aromatic rings. The van der Waals surface area contributed by atoms with Gasteiger partial charge in [0.05, 0.1) is 12.5 Å². The van der Waals surface area contributed by atoms with Crippen LogP contribution in [0.3, 0.4) is 0 Å². The minimum atomic E-state index is -1.76. The summed E-state index contributed by atoms with van der Waals surface area (Å²) in [7, 11) is 0. The molecule has 0 aliphatic rings. The molecule has 16 heavy (non-hydrogen) atoms. The maximum atomic E-state index is 11.4. The maximum Gasteiger partial charge on any atom is 0.267 e. The first-order chi connectivity index (χ1) is 7.42. The van der Waals surface area contributed by atoms with Crippen molar-refractivity contribution in [3.05, 3.63) is 0 Å². The zero-order chi connectivity index (χ0) is 12.7. The zero-order valence-corrected chi connectivity index (χ0v) is 9.44. The Kier molecular flexibility index (Phi) is 6.70. The van der Waals surface area contributed by atoms with Crippen molar-refractivity contribution in [2.24, 2.45) is 17.4 Å². The number of hydrogen-bond acceptors (Lipinski definition) is 6. The SMILES string of the molecule is NCC(=O)C[C@@H](CS)C(=O)N[C@@H](O)C(N)=O. The number of carbonyl (C=O) groups is 3. The van der Waals surface area contributed by atoms with Crippen LogP contribution in [-0.4, -0.2) is 41.2 Å². The molecule has 8 heteroatoms. The number of ketones is 1. The van der Waals surface area contributed by atoms with Crippen LogP contribution in [0.1, 0.15) is 6.42 Å². The first-order valence-electron chi connectivity index (χ1n) is 4.52. The molecule has 0 aromatic carbocycles. The van der Waals surface area contributed by atoms with E-state index in [0.29, 0.717) is 0 Å². The quantitative estimate of drug-likeness (QED) is 0.248. The van der Waals surface area contributed by atoms with Gasteiger partial charge in [-0.05, 0) is 0 Å². The number of amides is 2. The van der Waals surface area contributed by atoms with Crippen LogP contribution >= 0.6 is 12.6 Å². The minimum Gasteiger partial charge on any atom is -0.366 e. The Labute approximate surface area is 98.0 Å². The molecular formula is C8H15N3O4S. The molecule has 0 rings (SSSR count). The predicted octanol–water partition coefficient (Wildman–Crippen LogP) is -2.63. The molecule has 92 valence electrons. The number of hydrogen-bond donors (Lipinski definition) is 5. The molecule has 2 amide bonds. The van der Waals surface area contributed by atoms with E-state index in [4.69, 9.17) is 16.6 Å². The summed E-state index contributed by atoms with van der Waals surface area (Å²) in [4.78, 5) is 32.9. The van der Waals surface area contributed by atoms with Gasteiger partial charge in [-0.1, -0.05) is 0 Å². The van der Waals surface area contributed by atoms with Gasteiger partial charge in [-0.25, -0.2) is 0 Å². The molecule has 0 unspecified atom stereocenters. The highest BCUT2D eigenvalue weighted by Gasteiger charge is 2.23. The molecule has 2 atom stereocenters. The van der Waals surface area contributed by atoms with Crippen LogP contribution in [0.4, 0.5) is 0 Å². The number of rotatable bonds is 7. The van der Waals surface area contributed by atoms with E-state index in [1.807, 2.05) is 5.32 Å². The Hall–Kier alpha value is -1.12. The molecular weight excluding hydrogens is 234 g/mol. The molecule has 0 aliphatic heterocycles. The van der Waals surface area contributed by atoms with Gasteiger partial charge in [0.2, 0.25) is 12.1 Å². The third kappa shape index (κ3) is 5.10. The number of aliphatic hydroxyl groups excluding tert-OH is 1. The van der Waals surface area contributed by atoms with E-state index in [1.165, 1.54) is 0 Å². The molecule has 0 bridgehead atoms. The van der Waals surface area contributed by atoms with E-state index < -0.39 is 24.0 Å². The van der Waals surface area contributed by atoms with Crippen LogP contribution in [0.2, 0.25) is 0 Å². The standard InChI is InChI=1S/C8H15N3O4S/c9-2-5(12)1-4(3-16)7(14)11-8(15)6(10)13/h4,8,15-16H,1-3,9H2,(H2,10,13)(H,11,14)/t4-,8-/m0/s1. The van der Waals surface area contributed by atoms with Crippen LogP contribution in [0.25, 0.3) is 0 Å². The van der Waals surface area contributed by atoms with Crippen LogP contribution in [0, 0.1) is 5.92 Å². The van der Waals surface area contributed by atoms with Gasteiger partial charge in [0, 0.05) is 12.2 Å². The summed E-state index contributed by atoms with van der Waals surface area (Å²) in [6, 6.07) is 0. The Bertz CT molecular complexity index is 284. The summed E-state index contributed by atoms with van der Waals surface area (Å²) in [5, 5.41) is 11.0. The van der Waals surface area contributed by atoms with Crippen molar-refractivity contribution in [2.75, 3.05) is 12.3 Å². The smallest absolute Gasteiger partial charge is 0.267 e. The lowest BCUT2D eigenvalue weighted by molar-refractivity contribution is -0.137. The molecule has 7 nitrogen and oxygen atoms in total. The summed E-state index contributed by atoms with van der Waals surface area (Å²) in [6.45, 7) is -0.171. The zero-order valence-electron chi connectivity index (χ0n) is 8.55. The Morgan fingerprint density at radius 3 is 2.31 bits per heavy atom. The molecule has 0 saturated heterocycles. The van der Waals surface area contributed by atoms with Crippen LogP contribution in [0.15, 0.2) is 0 Å². The van der Waals surface area contributed by atoms with Gasteiger partial charge in [0.15, 0.2) is 0 Å². The van der Waals surface area contributed by atoms with Crippen LogP contribution in [-0.2, 0) is 14.4 Å². The number of primary amides is 1. The Morgan fingerprint density at radius 2 is 1.94 bits per heavy atom. The highest BCUT2D eigenvalue weighted by atomic mass is 32.1. The maximum absolute atomic E-state index is 11.4. The third-order valence-corrected chi connectivity index (χ3v) is 2.28. The number of nitrogens with one attached hydrogen (secondary N) is 1. The Morgan fingerprint density at radius 1 is 1.38 bits per heavy atom. The van der Waals surface area contributed by atoms with E-state index in [2.05, 4.69) is 12.6 Å². The first-order valence-corrected chi connectivity index (χ1v) is 5.16. The third-order valence-electron chi connectivity index (χ3n) is 1.84. The largest absolute Gasteiger partial charge is 0.366 e. The molecule has 0 aromatic heterocycles. The van der Waals surface area contributed by atoms with Crippen molar-refractivity contribution in [3.8, 4) is 0 Å². The van der Waals surface area contributed by atoms with Crippen molar-refractivity contribution in [1.82, 2.24) is 5.32 Å². The lowest BCUT2D eigenvalue weighted by Crippen LogP contribution is -2.47. The van der Waals surface area contributed by atoms with Gasteiger partial charge >= 0.3 is 0 Å². The fraction of sp³-hybridized carbons (Fsp3) is 0.625. The van der Waals surface area contributed by atoms with E-state index >= 15 is 0 Å². The fourth-order valence-corrected chi connectivity index (χ4v) is 1.22. The van der Waals surface area contributed by atoms with Gasteiger partial charge in [-0.3, -0.25) is 14.4 Å². The predicted molar refractivity (Wildman–Crippen MR) is 59.4 cm³/mol. The van der Waals surface area contributed by atoms with Gasteiger partial charge in [-0.2, -0.15) is 12.6 Å². The second kappa shape index (κ2) is 7.20. The molecule has 0 heterocycles.